The van der Waals surface area contributed by atoms with Crippen molar-refractivity contribution >= 4 is 16.9 Å². The molecule has 0 aliphatic carbocycles. The molecule has 3 aromatic rings. The first-order chi connectivity index (χ1) is 9.17. The van der Waals surface area contributed by atoms with E-state index in [-0.39, 0.29) is 5.75 Å². The smallest absolute Gasteiger partial charge is 0.215 e. The van der Waals surface area contributed by atoms with Crippen LogP contribution in [0.25, 0.3) is 22.6 Å². The SMILES string of the molecule is COc1ccc2[nH]c(-c3ccc(N)cc3O)nc2n1. The number of benzene rings is 1. The number of ether oxygens (including phenoxy) is 1. The average molecular weight is 256 g/mol. The van der Waals surface area contributed by atoms with Crippen LogP contribution in [-0.2, 0) is 0 Å². The van der Waals surface area contributed by atoms with Crippen LogP contribution in [-0.4, -0.2) is 27.2 Å². The number of nitrogens with one attached hydrogen (secondary N) is 1. The summed E-state index contributed by atoms with van der Waals surface area (Å²) < 4.78 is 5.05. The number of phenols is 1. The Hall–Kier alpha value is -2.76. The molecule has 4 N–H and O–H groups in total. The van der Waals surface area contributed by atoms with E-state index in [9.17, 15) is 5.11 Å². The summed E-state index contributed by atoms with van der Waals surface area (Å²) in [6.07, 6.45) is 0. The molecule has 19 heavy (non-hydrogen) atoms. The Morgan fingerprint density at radius 3 is 2.79 bits per heavy atom. The number of nitrogens with two attached hydrogens (primary N) is 1. The highest BCUT2D eigenvalue weighted by molar-refractivity contribution is 5.78. The molecule has 6 nitrogen and oxygen atoms in total. The Labute approximate surface area is 108 Å². The third-order valence-corrected chi connectivity index (χ3v) is 2.81. The maximum absolute atomic E-state index is 9.89. The van der Waals surface area contributed by atoms with E-state index in [0.717, 1.165) is 5.52 Å². The number of nitrogen functional groups attached to an aromatic ring is 1. The fourth-order valence-electron chi connectivity index (χ4n) is 1.87. The van der Waals surface area contributed by atoms with Crippen molar-refractivity contribution in [2.75, 3.05) is 12.8 Å². The van der Waals surface area contributed by atoms with Gasteiger partial charge in [-0.3, -0.25) is 0 Å². The molecule has 0 aliphatic rings. The maximum atomic E-state index is 9.89. The summed E-state index contributed by atoms with van der Waals surface area (Å²) >= 11 is 0. The van der Waals surface area contributed by atoms with Crippen molar-refractivity contribution in [1.82, 2.24) is 15.0 Å². The van der Waals surface area contributed by atoms with Crippen LogP contribution in [0.1, 0.15) is 0 Å². The second-order valence-electron chi connectivity index (χ2n) is 4.09. The summed E-state index contributed by atoms with van der Waals surface area (Å²) in [6, 6.07) is 8.46. The molecule has 0 bridgehead atoms. The standard InChI is InChI=1S/C13H12N4O2/c1-19-11-5-4-9-13(16-11)17-12(15-9)8-3-2-7(14)6-10(8)18/h2-6,18H,14H2,1H3,(H,15,16,17). The highest BCUT2D eigenvalue weighted by atomic mass is 16.5. The van der Waals surface area contributed by atoms with Gasteiger partial charge in [0.2, 0.25) is 5.88 Å². The van der Waals surface area contributed by atoms with Crippen molar-refractivity contribution in [1.29, 1.82) is 0 Å². The van der Waals surface area contributed by atoms with Crippen LogP contribution in [0.15, 0.2) is 30.3 Å². The van der Waals surface area contributed by atoms with Crippen molar-refractivity contribution < 1.29 is 9.84 Å². The van der Waals surface area contributed by atoms with Crippen LogP contribution in [0.4, 0.5) is 5.69 Å². The number of hydrogen-bond acceptors (Lipinski definition) is 5. The number of fused-ring (bicyclic) bond motifs is 1. The topological polar surface area (TPSA) is 97.0 Å². The zero-order chi connectivity index (χ0) is 13.4. The van der Waals surface area contributed by atoms with E-state index in [2.05, 4.69) is 15.0 Å². The normalized spacial score (nSPS) is 10.8. The first-order valence-corrected chi connectivity index (χ1v) is 5.67. The lowest BCUT2D eigenvalue weighted by Gasteiger charge is -2.01. The number of pyridine rings is 1. The lowest BCUT2D eigenvalue weighted by molar-refractivity contribution is 0.399. The molecule has 96 valence electrons. The van der Waals surface area contributed by atoms with Gasteiger partial charge < -0.3 is 20.6 Å². The van der Waals surface area contributed by atoms with Gasteiger partial charge >= 0.3 is 0 Å². The molecule has 0 saturated heterocycles. The number of aromatic hydroxyl groups is 1. The van der Waals surface area contributed by atoms with Crippen molar-refractivity contribution in [3.05, 3.63) is 30.3 Å². The van der Waals surface area contributed by atoms with Crippen LogP contribution in [0.5, 0.6) is 11.6 Å². The van der Waals surface area contributed by atoms with Crippen LogP contribution < -0.4 is 10.5 Å². The summed E-state index contributed by atoms with van der Waals surface area (Å²) in [4.78, 5) is 11.6. The fourth-order valence-corrected chi connectivity index (χ4v) is 1.87. The molecule has 0 spiro atoms. The molecule has 0 radical (unpaired) electrons. The van der Waals surface area contributed by atoms with Gasteiger partial charge in [-0.05, 0) is 18.2 Å². The average Bonchev–Trinajstić information content (AvgIpc) is 2.80. The molecule has 1 aromatic carbocycles. The molecule has 6 heteroatoms. The zero-order valence-corrected chi connectivity index (χ0v) is 10.2. The molecule has 0 saturated carbocycles. The largest absolute Gasteiger partial charge is 0.507 e. The number of methoxy groups -OCH3 is 1. The number of phenolic OH excluding ortho intramolecular Hbond substituents is 1. The number of imidazole rings is 1. The molecule has 0 atom stereocenters. The van der Waals surface area contributed by atoms with E-state index in [1.54, 1.807) is 25.3 Å². The van der Waals surface area contributed by atoms with E-state index in [1.807, 2.05) is 6.07 Å². The summed E-state index contributed by atoms with van der Waals surface area (Å²) in [6.45, 7) is 0. The number of aromatic amines is 1. The van der Waals surface area contributed by atoms with Crippen molar-refractivity contribution in [2.45, 2.75) is 0 Å². The van der Waals surface area contributed by atoms with E-state index >= 15 is 0 Å². The number of nitrogens with zero attached hydrogens (tertiary/aromatic N) is 2. The van der Waals surface area contributed by atoms with Crippen molar-refractivity contribution in [3.63, 3.8) is 0 Å². The third kappa shape index (κ3) is 1.93. The van der Waals surface area contributed by atoms with Gasteiger partial charge in [0, 0.05) is 17.8 Å². The van der Waals surface area contributed by atoms with E-state index in [0.29, 0.717) is 28.6 Å². The Kier molecular flexibility index (Phi) is 2.49. The summed E-state index contributed by atoms with van der Waals surface area (Å²) in [5.41, 5.74) is 7.97. The second-order valence-corrected chi connectivity index (χ2v) is 4.09. The van der Waals surface area contributed by atoms with Gasteiger partial charge in [-0.25, -0.2) is 4.98 Å². The van der Waals surface area contributed by atoms with Gasteiger partial charge in [-0.15, -0.1) is 0 Å². The van der Waals surface area contributed by atoms with Gasteiger partial charge in [-0.1, -0.05) is 0 Å². The summed E-state index contributed by atoms with van der Waals surface area (Å²) in [7, 11) is 1.55. The third-order valence-electron chi connectivity index (χ3n) is 2.81. The minimum Gasteiger partial charge on any atom is -0.507 e. The lowest BCUT2D eigenvalue weighted by atomic mass is 10.2. The van der Waals surface area contributed by atoms with Gasteiger partial charge in [0.25, 0.3) is 0 Å². The Balaban J connectivity index is 2.14. The Morgan fingerprint density at radius 1 is 1.21 bits per heavy atom. The van der Waals surface area contributed by atoms with E-state index < -0.39 is 0 Å². The van der Waals surface area contributed by atoms with Crippen LogP contribution in [0, 0.1) is 0 Å². The predicted octanol–water partition coefficient (Wildman–Crippen LogP) is 1.92. The molecule has 0 unspecified atom stereocenters. The summed E-state index contributed by atoms with van der Waals surface area (Å²) in [5, 5.41) is 9.89. The van der Waals surface area contributed by atoms with Crippen LogP contribution in [0.2, 0.25) is 0 Å². The van der Waals surface area contributed by atoms with Gasteiger partial charge in [-0.2, -0.15) is 4.98 Å². The molecular formula is C13H12N4O2. The van der Waals surface area contributed by atoms with Crippen molar-refractivity contribution in [3.8, 4) is 23.0 Å². The number of anilines is 1. The summed E-state index contributed by atoms with van der Waals surface area (Å²) in [5.74, 6) is 1.10. The molecule has 0 aliphatic heterocycles. The van der Waals surface area contributed by atoms with Crippen LogP contribution in [0.3, 0.4) is 0 Å². The predicted molar refractivity (Wildman–Crippen MR) is 72.0 cm³/mol. The molecule has 2 heterocycles. The molecule has 3 rings (SSSR count). The zero-order valence-electron chi connectivity index (χ0n) is 10.2. The minimum absolute atomic E-state index is 0.0750. The first kappa shape index (κ1) is 11.3. The maximum Gasteiger partial charge on any atom is 0.215 e. The van der Waals surface area contributed by atoms with Gasteiger partial charge in [0.15, 0.2) is 5.65 Å². The van der Waals surface area contributed by atoms with E-state index in [1.165, 1.54) is 6.07 Å². The van der Waals surface area contributed by atoms with Crippen LogP contribution >= 0.6 is 0 Å². The van der Waals surface area contributed by atoms with E-state index in [4.69, 9.17) is 10.5 Å². The lowest BCUT2D eigenvalue weighted by Crippen LogP contribution is -1.87. The Morgan fingerprint density at radius 2 is 2.05 bits per heavy atom. The molecule has 0 fully saturated rings. The molecule has 2 aromatic heterocycles. The molecular weight excluding hydrogens is 244 g/mol. The second kappa shape index (κ2) is 4.16. The Bertz CT molecular complexity index is 751. The molecule has 0 amide bonds. The number of aromatic nitrogens is 3. The monoisotopic (exact) mass is 256 g/mol. The van der Waals surface area contributed by atoms with Crippen molar-refractivity contribution in [2.24, 2.45) is 0 Å². The van der Waals surface area contributed by atoms with Gasteiger partial charge in [0.05, 0.1) is 18.2 Å². The number of hydrogen-bond donors (Lipinski definition) is 3. The first-order valence-electron chi connectivity index (χ1n) is 5.67. The number of H-pyrrole nitrogens is 1. The fraction of sp³-hybridized carbons (Fsp3) is 0.0769. The quantitative estimate of drug-likeness (QED) is 0.608. The minimum atomic E-state index is 0.0750. The van der Waals surface area contributed by atoms with Gasteiger partial charge in [0.1, 0.15) is 11.6 Å². The highest BCUT2D eigenvalue weighted by Gasteiger charge is 2.11. The highest BCUT2D eigenvalue weighted by Crippen LogP contribution is 2.30. The number of rotatable bonds is 2.